The molecule has 0 unspecified atom stereocenters. The van der Waals surface area contributed by atoms with Crippen molar-refractivity contribution in [2.75, 3.05) is 0 Å². The van der Waals surface area contributed by atoms with Gasteiger partial charge < -0.3 is 0 Å². The van der Waals surface area contributed by atoms with Gasteiger partial charge in [0.05, 0.1) is 0 Å². The average molecular weight is 276 g/mol. The normalized spacial score (nSPS) is 12.2. The molecule has 0 saturated heterocycles. The van der Waals surface area contributed by atoms with Crippen LogP contribution < -0.4 is 0 Å². The Labute approximate surface area is 123 Å². The predicted molar refractivity (Wildman–Crippen MR) is 86.5 cm³/mol. The highest BCUT2D eigenvalue weighted by Crippen LogP contribution is 2.38. The molecule has 0 amide bonds. The fourth-order valence-corrected chi connectivity index (χ4v) is 4.07. The SMILES string of the molecule is Cc1ccc(Cc2cccc3c2Cc2ccccc2-3)s1. The first-order valence-electron chi connectivity index (χ1n) is 7.05. The summed E-state index contributed by atoms with van der Waals surface area (Å²) < 4.78 is 0. The van der Waals surface area contributed by atoms with Gasteiger partial charge in [0.2, 0.25) is 0 Å². The van der Waals surface area contributed by atoms with E-state index in [-0.39, 0.29) is 0 Å². The van der Waals surface area contributed by atoms with E-state index in [1.807, 2.05) is 11.3 Å². The molecular weight excluding hydrogens is 260 g/mol. The lowest BCUT2D eigenvalue weighted by molar-refractivity contribution is 1.14. The van der Waals surface area contributed by atoms with Gasteiger partial charge in [-0.2, -0.15) is 0 Å². The Balaban J connectivity index is 1.77. The summed E-state index contributed by atoms with van der Waals surface area (Å²) in [4.78, 5) is 2.86. The molecule has 1 heterocycles. The molecule has 0 fully saturated rings. The van der Waals surface area contributed by atoms with Crippen LogP contribution in [0, 0.1) is 6.92 Å². The van der Waals surface area contributed by atoms with Gasteiger partial charge in [0, 0.05) is 16.2 Å². The van der Waals surface area contributed by atoms with Crippen LogP contribution in [0.2, 0.25) is 0 Å². The van der Waals surface area contributed by atoms with Gasteiger partial charge >= 0.3 is 0 Å². The van der Waals surface area contributed by atoms with E-state index >= 15 is 0 Å². The molecule has 0 radical (unpaired) electrons. The molecule has 0 aliphatic heterocycles. The Bertz CT molecular complexity index is 780. The van der Waals surface area contributed by atoms with Crippen molar-refractivity contribution in [1.82, 2.24) is 0 Å². The molecular formula is C19H16S. The van der Waals surface area contributed by atoms with Crippen molar-refractivity contribution in [3.63, 3.8) is 0 Å². The summed E-state index contributed by atoms with van der Waals surface area (Å²) in [5.41, 5.74) is 7.34. The third-order valence-electron chi connectivity index (χ3n) is 4.11. The van der Waals surface area contributed by atoms with Crippen molar-refractivity contribution in [3.8, 4) is 11.1 Å². The highest BCUT2D eigenvalue weighted by molar-refractivity contribution is 7.11. The topological polar surface area (TPSA) is 0 Å². The second-order valence-electron chi connectivity index (χ2n) is 5.47. The predicted octanol–water partition coefficient (Wildman–Crippen LogP) is 5.22. The van der Waals surface area contributed by atoms with E-state index in [1.54, 1.807) is 0 Å². The zero-order valence-corrected chi connectivity index (χ0v) is 12.3. The maximum absolute atomic E-state index is 2.29. The molecule has 0 atom stereocenters. The highest BCUT2D eigenvalue weighted by Gasteiger charge is 2.20. The number of hydrogen-bond donors (Lipinski definition) is 0. The number of benzene rings is 2. The fraction of sp³-hybridized carbons (Fsp3) is 0.158. The Hall–Kier alpha value is -1.86. The molecule has 98 valence electrons. The number of fused-ring (bicyclic) bond motifs is 3. The maximum atomic E-state index is 2.29. The van der Waals surface area contributed by atoms with Gasteiger partial charge in [-0.05, 0) is 53.3 Å². The molecule has 1 aliphatic rings. The summed E-state index contributed by atoms with van der Waals surface area (Å²) in [6, 6.07) is 20.0. The standard InChI is InChI=1S/C19H16S/c1-13-9-10-16(20-13)11-14-6-4-8-18-17-7-3-2-5-15(17)12-19(14)18/h2-10H,11-12H2,1H3. The first kappa shape index (κ1) is 11.9. The second kappa shape index (κ2) is 4.60. The summed E-state index contributed by atoms with van der Waals surface area (Å²) in [6.07, 6.45) is 2.15. The minimum atomic E-state index is 1.07. The van der Waals surface area contributed by atoms with Gasteiger partial charge in [-0.3, -0.25) is 0 Å². The maximum Gasteiger partial charge on any atom is 0.00919 e. The summed E-state index contributed by atoms with van der Waals surface area (Å²) >= 11 is 1.91. The molecule has 4 rings (SSSR count). The molecule has 0 N–H and O–H groups in total. The molecule has 0 nitrogen and oxygen atoms in total. The van der Waals surface area contributed by atoms with Gasteiger partial charge in [-0.1, -0.05) is 42.5 Å². The Morgan fingerprint density at radius 3 is 2.60 bits per heavy atom. The summed E-state index contributed by atoms with van der Waals surface area (Å²) in [5, 5.41) is 0. The van der Waals surface area contributed by atoms with Crippen molar-refractivity contribution in [2.24, 2.45) is 0 Å². The number of hydrogen-bond acceptors (Lipinski definition) is 1. The van der Waals surface area contributed by atoms with E-state index in [1.165, 1.54) is 37.6 Å². The van der Waals surface area contributed by atoms with Crippen LogP contribution in [-0.2, 0) is 12.8 Å². The summed E-state index contributed by atoms with van der Waals surface area (Å²) in [5.74, 6) is 0. The minimum absolute atomic E-state index is 1.07. The van der Waals surface area contributed by atoms with E-state index < -0.39 is 0 Å². The van der Waals surface area contributed by atoms with Gasteiger partial charge in [0.15, 0.2) is 0 Å². The van der Waals surface area contributed by atoms with Crippen molar-refractivity contribution in [3.05, 3.63) is 81.0 Å². The third kappa shape index (κ3) is 1.90. The highest BCUT2D eigenvalue weighted by atomic mass is 32.1. The van der Waals surface area contributed by atoms with Crippen LogP contribution in [0.25, 0.3) is 11.1 Å². The van der Waals surface area contributed by atoms with Gasteiger partial charge in [0.1, 0.15) is 0 Å². The van der Waals surface area contributed by atoms with Gasteiger partial charge in [0.25, 0.3) is 0 Å². The Morgan fingerprint density at radius 1 is 0.900 bits per heavy atom. The molecule has 1 aromatic heterocycles. The first-order valence-corrected chi connectivity index (χ1v) is 7.87. The van der Waals surface area contributed by atoms with E-state index in [0.29, 0.717) is 0 Å². The van der Waals surface area contributed by atoms with Crippen LogP contribution >= 0.6 is 11.3 Å². The third-order valence-corrected chi connectivity index (χ3v) is 5.11. The number of thiophene rings is 1. The van der Waals surface area contributed by atoms with Gasteiger partial charge in [-0.15, -0.1) is 11.3 Å². The number of rotatable bonds is 2. The molecule has 0 saturated carbocycles. The van der Waals surface area contributed by atoms with E-state index in [9.17, 15) is 0 Å². The summed E-state index contributed by atoms with van der Waals surface area (Å²) in [7, 11) is 0. The van der Waals surface area contributed by atoms with Crippen LogP contribution in [0.1, 0.15) is 26.4 Å². The number of aryl methyl sites for hydroxylation is 1. The smallest absolute Gasteiger partial charge is 0.00919 e. The quantitative estimate of drug-likeness (QED) is 0.471. The lowest BCUT2D eigenvalue weighted by Crippen LogP contribution is -1.92. The van der Waals surface area contributed by atoms with Crippen molar-refractivity contribution in [2.45, 2.75) is 19.8 Å². The van der Waals surface area contributed by atoms with Gasteiger partial charge in [-0.25, -0.2) is 0 Å². The molecule has 20 heavy (non-hydrogen) atoms. The molecule has 1 aliphatic carbocycles. The van der Waals surface area contributed by atoms with Crippen molar-refractivity contribution >= 4 is 11.3 Å². The van der Waals surface area contributed by atoms with E-state index in [4.69, 9.17) is 0 Å². The monoisotopic (exact) mass is 276 g/mol. The van der Waals surface area contributed by atoms with Crippen molar-refractivity contribution in [1.29, 1.82) is 0 Å². The average Bonchev–Trinajstić information content (AvgIpc) is 3.03. The van der Waals surface area contributed by atoms with Crippen LogP contribution in [0.5, 0.6) is 0 Å². The zero-order chi connectivity index (χ0) is 13.5. The largest absolute Gasteiger partial charge is 0.145 e. The Morgan fingerprint density at radius 2 is 1.75 bits per heavy atom. The molecule has 2 aromatic carbocycles. The van der Waals surface area contributed by atoms with Crippen molar-refractivity contribution < 1.29 is 0 Å². The first-order chi connectivity index (χ1) is 9.81. The molecule has 0 spiro atoms. The molecule has 0 bridgehead atoms. The lowest BCUT2D eigenvalue weighted by atomic mass is 9.99. The van der Waals surface area contributed by atoms with Crippen LogP contribution in [0.4, 0.5) is 0 Å². The molecule has 3 aromatic rings. The minimum Gasteiger partial charge on any atom is -0.145 e. The fourth-order valence-electron chi connectivity index (χ4n) is 3.16. The summed E-state index contributed by atoms with van der Waals surface area (Å²) in [6.45, 7) is 2.18. The Kier molecular flexibility index (Phi) is 2.75. The second-order valence-corrected chi connectivity index (χ2v) is 6.84. The van der Waals surface area contributed by atoms with Crippen LogP contribution in [0.3, 0.4) is 0 Å². The van der Waals surface area contributed by atoms with E-state index in [2.05, 4.69) is 61.5 Å². The van der Waals surface area contributed by atoms with Crippen LogP contribution in [-0.4, -0.2) is 0 Å². The lowest BCUT2D eigenvalue weighted by Gasteiger charge is -2.07. The van der Waals surface area contributed by atoms with E-state index in [0.717, 1.165) is 12.8 Å². The van der Waals surface area contributed by atoms with Crippen LogP contribution in [0.15, 0.2) is 54.6 Å². The molecule has 1 heteroatoms. The zero-order valence-electron chi connectivity index (χ0n) is 11.5.